The monoisotopic (exact) mass is 1700 g/mol. The summed E-state index contributed by atoms with van der Waals surface area (Å²) in [5, 5.41) is 13.9. The number of anilines is 4. The molecule has 3 saturated heterocycles. The SMILES string of the molecule is CC(C)CS(=O)(=O)N1CCC[C@H](Nc2nccnc2-c2cnc3[nH]ccc3n2)C1.C[Si](C)(C)CCOCn1ccc2nc(-c3nccnc3N[C@H]3CCCN(C(=O)OCc4ccccc4)C3)cnc21.O=C(OCc1ccccc1)N1CCC[C@H](Nc2nccnc2-c2cnc3[nH]ccc3n2)C1.c1cnc(-c2cnc3[nH]ccc3n2)c(NC2CCCCC2)n1. The highest BCUT2D eigenvalue weighted by molar-refractivity contribution is 7.89. The molecule has 0 radical (unpaired) electrons. The van der Waals surface area contributed by atoms with Crippen LogP contribution >= 0.6 is 0 Å². The number of nitrogens with one attached hydrogen (secondary N) is 7. The Kier molecular flexibility index (Phi) is 28.1. The Labute approximate surface area is 713 Å². The van der Waals surface area contributed by atoms with Crippen molar-refractivity contribution in [1.82, 2.24) is 113 Å². The zero-order valence-electron chi connectivity index (χ0n) is 69.7. The van der Waals surface area contributed by atoms with Gasteiger partial charge in [-0.3, -0.25) is 0 Å². The number of ether oxygens (including phenoxy) is 3. The molecular weight excluding hydrogens is 1600 g/mol. The highest BCUT2D eigenvalue weighted by Crippen LogP contribution is 2.32. The zero-order valence-corrected chi connectivity index (χ0v) is 71.5. The first kappa shape index (κ1) is 85.1. The van der Waals surface area contributed by atoms with Gasteiger partial charge in [-0.05, 0) is 98.7 Å². The summed E-state index contributed by atoms with van der Waals surface area (Å²) in [5.41, 5.74) is 13.3. The molecule has 34 nitrogen and oxygen atoms in total. The van der Waals surface area contributed by atoms with Gasteiger partial charge in [-0.15, -0.1) is 0 Å². The van der Waals surface area contributed by atoms with Crippen LogP contribution in [0.3, 0.4) is 0 Å². The molecule has 3 aliphatic heterocycles. The van der Waals surface area contributed by atoms with E-state index < -0.39 is 18.1 Å². The van der Waals surface area contributed by atoms with Crippen molar-refractivity contribution in [2.45, 2.75) is 154 Å². The average Bonchev–Trinajstić information content (AvgIpc) is 1.61. The highest BCUT2D eigenvalue weighted by Gasteiger charge is 2.32. The summed E-state index contributed by atoms with van der Waals surface area (Å²) in [6, 6.07) is 28.6. The molecule has 123 heavy (non-hydrogen) atoms. The van der Waals surface area contributed by atoms with Crippen molar-refractivity contribution in [2.24, 2.45) is 5.92 Å². The number of hydrogen-bond acceptors (Lipinski definition) is 27. The van der Waals surface area contributed by atoms with Gasteiger partial charge < -0.3 is 64.8 Å². The minimum atomic E-state index is -3.26. The van der Waals surface area contributed by atoms with E-state index in [2.05, 4.69) is 131 Å². The standard InChI is InChI=1S/C29H37N7O3Si.C23H23N7O2.C19H25N7O2S.C16H18N6/c1-40(2,3)17-16-38-21-36-15-11-24-28(36)32-18-25(34-24)26-27(31-13-12-30-26)33-23-10-7-14-35(19-23)29(37)39-20-22-8-5-4-6-9-22;31-23(32-15-16-5-2-1-3-6-16)30-12-4-7-17(14-30)28-22-20(24-10-11-26-22)19-13-27-21-18(29-19)8-9-25-21;1-13(2)12-29(27,28)26-9-3-4-14(11-26)24-19-17(20-7-8-22-19)16-10-23-18-15(25-16)5-6-21-18;1-2-4-11(5-3-1)21-16-14(17-8-9-19-16)13-10-20-15-12(22-13)6-7-18-15/h4-6,8-9,11-13,15,18,23H,7,10,14,16-17,19-21H2,1-3H3,(H,31,33);1-3,5-6,8-11,13,17H,4,7,12,14-15H2,(H,25,27)(H,26,28);5-8,10,13-14H,3-4,9,11-12H2,1-2H3,(H,21,23)(H,22,24);6-11H,1-5H2,(H,18,20)(H,19,21)/t23-;17-;14-;/m000./s1. The molecule has 3 atom stereocenters. The van der Waals surface area contributed by atoms with Crippen molar-refractivity contribution in [2.75, 3.05) is 72.9 Å². The van der Waals surface area contributed by atoms with Crippen LogP contribution in [0.1, 0.15) is 95.6 Å². The summed E-state index contributed by atoms with van der Waals surface area (Å²) in [6.45, 7) is 16.0. The second kappa shape index (κ2) is 40.6. The lowest BCUT2D eigenvalue weighted by atomic mass is 9.95. The molecule has 18 rings (SSSR count). The number of aromatic amines is 3. The van der Waals surface area contributed by atoms with Crippen molar-refractivity contribution >= 4 is 98.2 Å². The van der Waals surface area contributed by atoms with Gasteiger partial charge in [0.2, 0.25) is 10.0 Å². The Morgan fingerprint density at radius 3 is 1.28 bits per heavy atom. The van der Waals surface area contributed by atoms with Gasteiger partial charge in [0.1, 0.15) is 87.6 Å². The molecule has 4 fully saturated rings. The van der Waals surface area contributed by atoms with Gasteiger partial charge in [-0.1, -0.05) is 113 Å². The maximum atomic E-state index is 12.7. The molecular formula is C87H103N27O7SSi. The van der Waals surface area contributed by atoms with E-state index >= 15 is 0 Å². The van der Waals surface area contributed by atoms with Crippen molar-refractivity contribution in [3.8, 4) is 45.6 Å². The van der Waals surface area contributed by atoms with Crippen LogP contribution < -0.4 is 21.3 Å². The van der Waals surface area contributed by atoms with E-state index in [-0.39, 0.29) is 55.2 Å². The van der Waals surface area contributed by atoms with E-state index in [9.17, 15) is 18.0 Å². The van der Waals surface area contributed by atoms with Crippen molar-refractivity contribution in [3.05, 3.63) is 195 Å². The Bertz CT molecular complexity index is 5930. The Hall–Kier alpha value is -12.9. The van der Waals surface area contributed by atoms with E-state index in [0.717, 1.165) is 119 Å². The molecule has 4 aliphatic rings. The van der Waals surface area contributed by atoms with E-state index in [1.54, 1.807) is 101 Å². The molecule has 1 aliphatic carbocycles. The van der Waals surface area contributed by atoms with Crippen molar-refractivity contribution < 1.29 is 32.2 Å². The predicted molar refractivity (Wildman–Crippen MR) is 474 cm³/mol. The topological polar surface area (TPSA) is 412 Å². The van der Waals surface area contributed by atoms with Gasteiger partial charge in [-0.25, -0.2) is 97.8 Å². The third-order valence-electron chi connectivity index (χ3n) is 21.3. The molecule has 7 N–H and O–H groups in total. The van der Waals surface area contributed by atoms with Crippen molar-refractivity contribution in [3.63, 3.8) is 0 Å². The second-order valence-electron chi connectivity index (χ2n) is 32.4. The molecule has 2 amide bonds. The third kappa shape index (κ3) is 23.0. The fourth-order valence-corrected chi connectivity index (χ4v) is 17.7. The molecule has 14 aromatic rings. The quantitative estimate of drug-likeness (QED) is 0.0218. The summed E-state index contributed by atoms with van der Waals surface area (Å²) >= 11 is 0. The number of fused-ring (bicyclic) bond motifs is 4. The summed E-state index contributed by atoms with van der Waals surface area (Å²) in [6.07, 6.45) is 38.3. The second-order valence-corrected chi connectivity index (χ2v) is 40.1. The summed E-state index contributed by atoms with van der Waals surface area (Å²) < 4.78 is 45.8. The van der Waals surface area contributed by atoms with Crippen LogP contribution in [0.5, 0.6) is 0 Å². The number of likely N-dealkylation sites (tertiary alicyclic amines) is 2. The van der Waals surface area contributed by atoms with Gasteiger partial charge in [0.15, 0.2) is 45.9 Å². The van der Waals surface area contributed by atoms with Gasteiger partial charge >= 0.3 is 12.2 Å². The number of aromatic nitrogens is 20. The number of carbonyl (C=O) groups excluding carboxylic acids is 2. The molecule has 12 aromatic heterocycles. The number of hydrogen-bond donors (Lipinski definition) is 7. The molecule has 36 heteroatoms. The molecule has 0 bridgehead atoms. The van der Waals surface area contributed by atoms with Gasteiger partial charge in [0, 0.05) is 152 Å². The van der Waals surface area contributed by atoms with E-state index in [1.165, 1.54) is 32.1 Å². The number of amides is 2. The molecule has 1 saturated carbocycles. The maximum absolute atomic E-state index is 12.7. The number of sulfonamides is 1. The van der Waals surface area contributed by atoms with Crippen LogP contribution in [0, 0.1) is 5.92 Å². The smallest absolute Gasteiger partial charge is 0.410 e. The third-order valence-corrected chi connectivity index (χ3v) is 25.2. The first-order chi connectivity index (χ1) is 59.9. The maximum Gasteiger partial charge on any atom is 0.410 e. The predicted octanol–water partition coefficient (Wildman–Crippen LogP) is 14.5. The number of H-pyrrole nitrogens is 3. The lowest BCUT2D eigenvalue weighted by Crippen LogP contribution is -2.46. The largest absolute Gasteiger partial charge is 0.445 e. The number of carbonyl (C=O) groups is 2. The van der Waals surface area contributed by atoms with Crippen LogP contribution in [-0.2, 0) is 44.2 Å². The number of benzene rings is 2. The molecule has 15 heterocycles. The Morgan fingerprint density at radius 1 is 0.455 bits per heavy atom. The van der Waals surface area contributed by atoms with Crippen LogP contribution in [0.2, 0.25) is 25.7 Å². The van der Waals surface area contributed by atoms with Gasteiger partial charge in [-0.2, -0.15) is 4.31 Å². The Balaban J connectivity index is 0.000000130. The average molecular weight is 1700 g/mol. The fraction of sp³-hybridized carbons (Fsp3) is 0.379. The lowest BCUT2D eigenvalue weighted by Gasteiger charge is -2.33. The minimum Gasteiger partial charge on any atom is -0.445 e. The van der Waals surface area contributed by atoms with E-state index in [0.29, 0.717) is 109 Å². The van der Waals surface area contributed by atoms with E-state index in [1.807, 2.05) is 116 Å². The highest BCUT2D eigenvalue weighted by atomic mass is 32.2. The number of nitrogens with zero attached hydrogens (tertiary/aromatic N) is 20. The minimum absolute atomic E-state index is 0.0135. The fourth-order valence-electron chi connectivity index (χ4n) is 15.1. The molecule has 0 spiro atoms. The first-order valence-corrected chi connectivity index (χ1v) is 47.3. The first-order valence-electron chi connectivity index (χ1n) is 41.9. The zero-order chi connectivity index (χ0) is 84.9. The van der Waals surface area contributed by atoms with Crippen LogP contribution in [0.25, 0.3) is 90.2 Å². The summed E-state index contributed by atoms with van der Waals surface area (Å²) in [7, 11) is -4.39. The number of piperidine rings is 3. The Morgan fingerprint density at radius 2 is 0.846 bits per heavy atom. The van der Waals surface area contributed by atoms with Crippen LogP contribution in [0.15, 0.2) is 184 Å². The van der Waals surface area contributed by atoms with Crippen LogP contribution in [-0.4, -0.2) is 218 Å². The molecule has 638 valence electrons. The normalized spacial score (nSPS) is 16.5. The van der Waals surface area contributed by atoms with Crippen molar-refractivity contribution in [1.29, 1.82) is 0 Å². The summed E-state index contributed by atoms with van der Waals surface area (Å²) in [4.78, 5) is 110. The summed E-state index contributed by atoms with van der Waals surface area (Å²) in [5.74, 6) is 2.91. The van der Waals surface area contributed by atoms with E-state index in [4.69, 9.17) is 19.2 Å². The van der Waals surface area contributed by atoms with Gasteiger partial charge in [0.25, 0.3) is 0 Å². The van der Waals surface area contributed by atoms with Gasteiger partial charge in [0.05, 0.1) is 30.5 Å². The van der Waals surface area contributed by atoms with Crippen LogP contribution in [0.4, 0.5) is 32.9 Å². The lowest BCUT2D eigenvalue weighted by molar-refractivity contribution is 0.0869. The molecule has 2 aromatic carbocycles. The number of rotatable bonds is 24. The molecule has 0 unspecified atom stereocenters.